The highest BCUT2D eigenvalue weighted by Crippen LogP contribution is 2.30. The Balaban J connectivity index is 1.57. The molecule has 3 aromatic rings. The lowest BCUT2D eigenvalue weighted by Gasteiger charge is -2.13. The van der Waals surface area contributed by atoms with Gasteiger partial charge in [-0.1, -0.05) is 39.4 Å². The van der Waals surface area contributed by atoms with E-state index in [4.69, 9.17) is 0 Å². The van der Waals surface area contributed by atoms with Crippen LogP contribution in [0.25, 0.3) is 10.6 Å². The van der Waals surface area contributed by atoms with E-state index in [0.717, 1.165) is 26.3 Å². The highest BCUT2D eigenvalue weighted by Gasteiger charge is 2.22. The summed E-state index contributed by atoms with van der Waals surface area (Å²) >= 11 is 4.76. The molecule has 0 saturated carbocycles. The third-order valence-electron chi connectivity index (χ3n) is 4.07. The Kier molecular flexibility index (Phi) is 4.29. The van der Waals surface area contributed by atoms with E-state index in [9.17, 15) is 9.59 Å². The number of fused-ring (bicyclic) bond motifs is 1. The van der Waals surface area contributed by atoms with Gasteiger partial charge in [-0.3, -0.25) is 14.5 Å². The molecule has 8 heteroatoms. The fourth-order valence-corrected chi connectivity index (χ4v) is 3.78. The lowest BCUT2D eigenvalue weighted by atomic mass is 10.1. The molecule has 0 atom stereocenters. The SMILES string of the molecule is CN(C(=O)c1ccc2c(c1)CC(=O)N2)c1nnc(-c2ccc(Br)cc2)s1. The number of nitrogens with zero attached hydrogens (tertiary/aromatic N) is 3. The number of amides is 2. The summed E-state index contributed by atoms with van der Waals surface area (Å²) < 4.78 is 0.989. The minimum Gasteiger partial charge on any atom is -0.326 e. The summed E-state index contributed by atoms with van der Waals surface area (Å²) in [5.41, 5.74) is 3.06. The normalized spacial score (nSPS) is 12.6. The Labute approximate surface area is 162 Å². The van der Waals surface area contributed by atoms with Gasteiger partial charge in [-0.25, -0.2) is 0 Å². The molecule has 0 aliphatic carbocycles. The van der Waals surface area contributed by atoms with Crippen LogP contribution in [0.3, 0.4) is 0 Å². The molecular formula is C18H13BrN4O2S. The summed E-state index contributed by atoms with van der Waals surface area (Å²) in [4.78, 5) is 25.7. The van der Waals surface area contributed by atoms with E-state index in [1.54, 1.807) is 25.2 Å². The predicted octanol–water partition coefficient (Wildman–Crippen LogP) is 3.74. The summed E-state index contributed by atoms with van der Waals surface area (Å²) in [5.74, 6) is -0.244. The molecule has 0 radical (unpaired) electrons. The maximum Gasteiger partial charge on any atom is 0.259 e. The van der Waals surface area contributed by atoms with Crippen LogP contribution in [0.15, 0.2) is 46.9 Å². The second-order valence-electron chi connectivity index (χ2n) is 5.86. The van der Waals surface area contributed by atoms with E-state index in [-0.39, 0.29) is 11.8 Å². The Morgan fingerprint density at radius 3 is 2.73 bits per heavy atom. The van der Waals surface area contributed by atoms with Crippen LogP contribution in [0.5, 0.6) is 0 Å². The van der Waals surface area contributed by atoms with Gasteiger partial charge in [0.05, 0.1) is 6.42 Å². The van der Waals surface area contributed by atoms with Gasteiger partial charge < -0.3 is 5.32 Å². The number of carbonyl (C=O) groups excluding carboxylic acids is 2. The first-order valence-corrected chi connectivity index (χ1v) is 9.42. The largest absolute Gasteiger partial charge is 0.326 e. The molecule has 2 aromatic carbocycles. The van der Waals surface area contributed by atoms with E-state index < -0.39 is 0 Å². The van der Waals surface area contributed by atoms with Gasteiger partial charge in [0.2, 0.25) is 11.0 Å². The summed E-state index contributed by atoms with van der Waals surface area (Å²) in [7, 11) is 1.67. The molecule has 26 heavy (non-hydrogen) atoms. The van der Waals surface area contributed by atoms with Crippen LogP contribution in [-0.2, 0) is 11.2 Å². The van der Waals surface area contributed by atoms with Crippen molar-refractivity contribution in [2.45, 2.75) is 6.42 Å². The van der Waals surface area contributed by atoms with Crippen LogP contribution in [0.2, 0.25) is 0 Å². The minimum atomic E-state index is -0.189. The lowest BCUT2D eigenvalue weighted by Crippen LogP contribution is -2.26. The van der Waals surface area contributed by atoms with Gasteiger partial charge in [0.1, 0.15) is 5.01 Å². The van der Waals surface area contributed by atoms with E-state index >= 15 is 0 Å². The number of carbonyl (C=O) groups is 2. The van der Waals surface area contributed by atoms with Crippen molar-refractivity contribution in [1.29, 1.82) is 0 Å². The van der Waals surface area contributed by atoms with Gasteiger partial charge >= 0.3 is 0 Å². The molecule has 1 aromatic heterocycles. The number of halogens is 1. The summed E-state index contributed by atoms with van der Waals surface area (Å²) in [5, 5.41) is 12.4. The highest BCUT2D eigenvalue weighted by molar-refractivity contribution is 9.10. The lowest BCUT2D eigenvalue weighted by molar-refractivity contribution is -0.115. The van der Waals surface area contributed by atoms with E-state index in [0.29, 0.717) is 17.1 Å². The monoisotopic (exact) mass is 428 g/mol. The van der Waals surface area contributed by atoms with Crippen molar-refractivity contribution in [3.63, 3.8) is 0 Å². The minimum absolute atomic E-state index is 0.0544. The molecule has 2 heterocycles. The molecule has 0 bridgehead atoms. The maximum atomic E-state index is 12.8. The van der Waals surface area contributed by atoms with Crippen LogP contribution >= 0.6 is 27.3 Å². The average molecular weight is 429 g/mol. The van der Waals surface area contributed by atoms with Gasteiger partial charge in [0.25, 0.3) is 5.91 Å². The Bertz CT molecular complexity index is 1020. The summed E-state index contributed by atoms with van der Waals surface area (Å²) in [6, 6.07) is 13.0. The van der Waals surface area contributed by atoms with E-state index in [2.05, 4.69) is 31.4 Å². The predicted molar refractivity (Wildman–Crippen MR) is 105 cm³/mol. The number of hydrogen-bond acceptors (Lipinski definition) is 5. The van der Waals surface area contributed by atoms with Gasteiger partial charge in [0, 0.05) is 28.3 Å². The zero-order valence-corrected chi connectivity index (χ0v) is 16.1. The first-order valence-electron chi connectivity index (χ1n) is 7.81. The Hall–Kier alpha value is -2.58. The molecule has 0 fully saturated rings. The van der Waals surface area contributed by atoms with Crippen molar-refractivity contribution in [2.24, 2.45) is 0 Å². The number of anilines is 2. The van der Waals surface area contributed by atoms with Crippen molar-refractivity contribution in [3.05, 3.63) is 58.1 Å². The molecule has 130 valence electrons. The fraction of sp³-hybridized carbons (Fsp3) is 0.111. The Morgan fingerprint density at radius 1 is 1.19 bits per heavy atom. The van der Waals surface area contributed by atoms with E-state index in [1.165, 1.54) is 16.2 Å². The second-order valence-corrected chi connectivity index (χ2v) is 7.73. The zero-order valence-electron chi connectivity index (χ0n) is 13.7. The summed E-state index contributed by atoms with van der Waals surface area (Å²) in [6.45, 7) is 0. The molecular weight excluding hydrogens is 416 g/mol. The summed E-state index contributed by atoms with van der Waals surface area (Å²) in [6.07, 6.45) is 0.298. The number of nitrogens with one attached hydrogen (secondary N) is 1. The molecule has 0 unspecified atom stereocenters. The van der Waals surface area contributed by atoms with Gasteiger partial charge in [-0.05, 0) is 35.9 Å². The van der Waals surface area contributed by atoms with Crippen molar-refractivity contribution < 1.29 is 9.59 Å². The first-order chi connectivity index (χ1) is 12.5. The van der Waals surface area contributed by atoms with E-state index in [1.807, 2.05) is 24.3 Å². The number of benzene rings is 2. The standard InChI is InChI=1S/C18H13BrN4O2S/c1-23(17(25)11-4-7-14-12(8-11)9-15(24)20-14)18-22-21-16(26-18)10-2-5-13(19)6-3-10/h2-8H,9H2,1H3,(H,20,24). The van der Waals surface area contributed by atoms with Crippen molar-refractivity contribution >= 4 is 49.9 Å². The smallest absolute Gasteiger partial charge is 0.259 e. The van der Waals surface area contributed by atoms with Crippen LogP contribution in [-0.4, -0.2) is 29.1 Å². The van der Waals surface area contributed by atoms with Gasteiger partial charge in [-0.2, -0.15) is 0 Å². The third-order valence-corrected chi connectivity index (χ3v) is 5.65. The number of rotatable bonds is 3. The zero-order chi connectivity index (χ0) is 18.3. The molecule has 2 amide bonds. The highest BCUT2D eigenvalue weighted by atomic mass is 79.9. The number of hydrogen-bond donors (Lipinski definition) is 1. The number of aromatic nitrogens is 2. The molecule has 1 N–H and O–H groups in total. The third kappa shape index (κ3) is 3.13. The van der Waals surface area contributed by atoms with Crippen LogP contribution in [0, 0.1) is 0 Å². The molecule has 0 spiro atoms. The second kappa shape index (κ2) is 6.62. The average Bonchev–Trinajstić information content (AvgIpc) is 3.26. The molecule has 1 aliphatic rings. The quantitative estimate of drug-likeness (QED) is 0.689. The fourth-order valence-electron chi connectivity index (χ4n) is 2.70. The first kappa shape index (κ1) is 16.9. The van der Waals surface area contributed by atoms with Crippen LogP contribution in [0.1, 0.15) is 15.9 Å². The van der Waals surface area contributed by atoms with Crippen LogP contribution in [0.4, 0.5) is 10.8 Å². The van der Waals surface area contributed by atoms with Gasteiger partial charge in [-0.15, -0.1) is 10.2 Å². The molecule has 6 nitrogen and oxygen atoms in total. The molecule has 1 aliphatic heterocycles. The molecule has 0 saturated heterocycles. The molecule has 4 rings (SSSR count). The van der Waals surface area contributed by atoms with Crippen LogP contribution < -0.4 is 10.2 Å². The van der Waals surface area contributed by atoms with Crippen molar-refractivity contribution in [1.82, 2.24) is 10.2 Å². The van der Waals surface area contributed by atoms with Crippen molar-refractivity contribution in [2.75, 3.05) is 17.3 Å². The van der Waals surface area contributed by atoms with Crippen molar-refractivity contribution in [3.8, 4) is 10.6 Å². The Morgan fingerprint density at radius 2 is 1.96 bits per heavy atom. The maximum absolute atomic E-state index is 12.8. The van der Waals surface area contributed by atoms with Gasteiger partial charge in [0.15, 0.2) is 0 Å². The topological polar surface area (TPSA) is 75.2 Å².